The van der Waals surface area contributed by atoms with Crippen LogP contribution in [-0.4, -0.2) is 36.6 Å². The number of allylic oxidation sites excluding steroid dienone is 2. The number of fused-ring (bicyclic) bond motifs is 2. The van der Waals surface area contributed by atoms with Crippen LogP contribution in [0.3, 0.4) is 0 Å². The van der Waals surface area contributed by atoms with Gasteiger partial charge in [0.25, 0.3) is 0 Å². The molecule has 4 rings (SSSR count). The fourth-order valence-corrected chi connectivity index (χ4v) is 5.68. The topological polar surface area (TPSA) is 51.2 Å². The minimum atomic E-state index is -0.532. The van der Waals surface area contributed by atoms with Crippen LogP contribution in [0, 0.1) is 11.3 Å². The summed E-state index contributed by atoms with van der Waals surface area (Å²) in [6.45, 7) is 10.3. The van der Waals surface area contributed by atoms with Crippen LogP contribution < -0.4 is 4.74 Å². The Morgan fingerprint density at radius 2 is 1.84 bits per heavy atom. The van der Waals surface area contributed by atoms with Crippen molar-refractivity contribution < 1.29 is 19.3 Å². The lowest BCUT2D eigenvalue weighted by atomic mass is 9.61. The largest absolute Gasteiger partial charge is 0.497 e. The highest BCUT2D eigenvalue weighted by Crippen LogP contribution is 2.52. The maximum Gasteiger partial charge on any atom is 0.118 e. The molecule has 0 saturated carbocycles. The number of hydrogen-bond donors (Lipinski definition) is 1. The Morgan fingerprint density at radius 3 is 2.56 bits per heavy atom. The Kier molecular flexibility index (Phi) is 6.86. The van der Waals surface area contributed by atoms with Crippen molar-refractivity contribution in [1.82, 2.24) is 0 Å². The van der Waals surface area contributed by atoms with Gasteiger partial charge in [0.2, 0.25) is 0 Å². The van der Waals surface area contributed by atoms with E-state index < -0.39 is 6.10 Å². The predicted octanol–water partition coefficient (Wildman–Crippen LogP) is 5.98. The number of aliphatic hydroxyl groups excluding tert-OH is 1. The van der Waals surface area contributed by atoms with E-state index in [0.29, 0.717) is 19.1 Å². The van der Waals surface area contributed by atoms with Gasteiger partial charge in [-0.1, -0.05) is 37.6 Å². The maximum absolute atomic E-state index is 11.4. The van der Waals surface area contributed by atoms with E-state index in [1.165, 1.54) is 16.7 Å². The minimum Gasteiger partial charge on any atom is -0.497 e. The van der Waals surface area contributed by atoms with E-state index in [2.05, 4.69) is 45.9 Å². The van der Waals surface area contributed by atoms with Crippen molar-refractivity contribution in [3.63, 3.8) is 0 Å². The lowest BCUT2D eigenvalue weighted by Crippen LogP contribution is -2.38. The molecule has 2 bridgehead atoms. The standard InChI is InChI=1S/C28H40O4/c1-19-7-6-15-28(4)26(32-28)25(29)23-13-8-20(2)27(3,16-14-19)24(23)18-31-17-21-9-11-22(30-5)12-10-21/h7,9-12,20,25-26,29H,6,8,13-18H2,1-5H3/t20-,25+,26-,27+,28-/m1/s1. The molecule has 1 aromatic rings. The van der Waals surface area contributed by atoms with Crippen molar-refractivity contribution in [2.75, 3.05) is 13.7 Å². The number of benzene rings is 1. The quantitative estimate of drug-likeness (QED) is 0.452. The first-order valence-corrected chi connectivity index (χ1v) is 12.2. The van der Waals surface area contributed by atoms with E-state index >= 15 is 0 Å². The van der Waals surface area contributed by atoms with Crippen molar-refractivity contribution in [2.24, 2.45) is 11.3 Å². The lowest BCUT2D eigenvalue weighted by molar-refractivity contribution is 0.0900. The van der Waals surface area contributed by atoms with E-state index in [-0.39, 0.29) is 17.1 Å². The van der Waals surface area contributed by atoms with Gasteiger partial charge in [-0.25, -0.2) is 0 Å². The molecule has 176 valence electrons. The zero-order valence-corrected chi connectivity index (χ0v) is 20.4. The molecular formula is C28H40O4. The summed E-state index contributed by atoms with van der Waals surface area (Å²) >= 11 is 0. The zero-order chi connectivity index (χ0) is 22.9. The highest BCUT2D eigenvalue weighted by molar-refractivity contribution is 5.33. The van der Waals surface area contributed by atoms with Gasteiger partial charge in [0.1, 0.15) is 18.0 Å². The van der Waals surface area contributed by atoms with Crippen LogP contribution in [0.15, 0.2) is 47.1 Å². The van der Waals surface area contributed by atoms with Crippen molar-refractivity contribution in [3.05, 3.63) is 52.6 Å². The summed E-state index contributed by atoms with van der Waals surface area (Å²) in [5, 5.41) is 11.4. The van der Waals surface area contributed by atoms with Crippen LogP contribution in [-0.2, 0) is 16.1 Å². The van der Waals surface area contributed by atoms with Crippen molar-refractivity contribution in [1.29, 1.82) is 0 Å². The van der Waals surface area contributed by atoms with Crippen molar-refractivity contribution in [3.8, 4) is 5.75 Å². The summed E-state index contributed by atoms with van der Waals surface area (Å²) in [7, 11) is 1.68. The third kappa shape index (κ3) is 4.69. The van der Waals surface area contributed by atoms with Crippen LogP contribution in [0.1, 0.15) is 71.8 Å². The molecule has 1 heterocycles. The lowest BCUT2D eigenvalue weighted by Gasteiger charge is -2.45. The van der Waals surface area contributed by atoms with Gasteiger partial charge >= 0.3 is 0 Å². The average molecular weight is 441 g/mol. The zero-order valence-electron chi connectivity index (χ0n) is 20.4. The molecule has 1 aromatic carbocycles. The van der Waals surface area contributed by atoms with Crippen LogP contribution >= 0.6 is 0 Å². The Morgan fingerprint density at radius 1 is 1.09 bits per heavy atom. The molecule has 0 spiro atoms. The number of methoxy groups -OCH3 is 1. The van der Waals surface area contributed by atoms with Crippen LogP contribution in [0.5, 0.6) is 5.75 Å². The fraction of sp³-hybridized carbons (Fsp3) is 0.643. The molecule has 1 saturated heterocycles. The molecule has 2 aliphatic carbocycles. The first kappa shape index (κ1) is 23.5. The van der Waals surface area contributed by atoms with E-state index in [9.17, 15) is 5.11 Å². The monoisotopic (exact) mass is 440 g/mol. The Balaban J connectivity index is 1.60. The van der Waals surface area contributed by atoms with Gasteiger partial charge < -0.3 is 19.3 Å². The van der Waals surface area contributed by atoms with Crippen LogP contribution in [0.2, 0.25) is 0 Å². The molecule has 0 aromatic heterocycles. The highest BCUT2D eigenvalue weighted by atomic mass is 16.6. The molecule has 0 radical (unpaired) electrons. The molecule has 0 amide bonds. The smallest absolute Gasteiger partial charge is 0.118 e. The van der Waals surface area contributed by atoms with Gasteiger partial charge in [0.05, 0.1) is 25.9 Å². The van der Waals surface area contributed by atoms with Gasteiger partial charge in [0.15, 0.2) is 0 Å². The van der Waals surface area contributed by atoms with Gasteiger partial charge in [-0.05, 0) is 92.5 Å². The van der Waals surface area contributed by atoms with Gasteiger partial charge in [-0.2, -0.15) is 0 Å². The second kappa shape index (κ2) is 9.32. The summed E-state index contributed by atoms with van der Waals surface area (Å²) in [5.41, 5.74) is 4.89. The number of hydrogen-bond acceptors (Lipinski definition) is 4. The van der Waals surface area contributed by atoms with Crippen molar-refractivity contribution >= 4 is 0 Å². The molecule has 1 N–H and O–H groups in total. The summed E-state index contributed by atoms with van der Waals surface area (Å²) in [6.07, 6.45) is 7.96. The molecule has 4 nitrogen and oxygen atoms in total. The van der Waals surface area contributed by atoms with Gasteiger partial charge in [0, 0.05) is 0 Å². The molecule has 5 atom stereocenters. The van der Waals surface area contributed by atoms with Crippen molar-refractivity contribution in [2.45, 2.75) is 90.6 Å². The number of epoxide rings is 1. The molecule has 3 aliphatic rings. The molecule has 32 heavy (non-hydrogen) atoms. The summed E-state index contributed by atoms with van der Waals surface area (Å²) in [6, 6.07) is 8.04. The predicted molar refractivity (Wildman–Crippen MR) is 128 cm³/mol. The number of rotatable bonds is 5. The van der Waals surface area contributed by atoms with Gasteiger partial charge in [-0.3, -0.25) is 0 Å². The normalized spacial score (nSPS) is 35.3. The molecule has 1 fully saturated rings. The second-order valence-corrected chi connectivity index (χ2v) is 10.6. The molecule has 1 aliphatic heterocycles. The highest BCUT2D eigenvalue weighted by Gasteiger charge is 2.57. The second-order valence-electron chi connectivity index (χ2n) is 10.6. The summed E-state index contributed by atoms with van der Waals surface area (Å²) in [5.74, 6) is 1.41. The Labute approximate surface area is 193 Å². The number of aliphatic hydroxyl groups is 1. The third-order valence-electron chi connectivity index (χ3n) is 8.44. The summed E-state index contributed by atoms with van der Waals surface area (Å²) < 4.78 is 17.6. The van der Waals surface area contributed by atoms with E-state index in [1.807, 2.05) is 12.1 Å². The third-order valence-corrected chi connectivity index (χ3v) is 8.44. The minimum absolute atomic E-state index is 0.0219. The first-order chi connectivity index (χ1) is 15.3. The van der Waals surface area contributed by atoms with E-state index in [0.717, 1.165) is 49.8 Å². The van der Waals surface area contributed by atoms with Crippen LogP contribution in [0.25, 0.3) is 0 Å². The SMILES string of the molecule is COc1ccc(COCC2=C3CC[C@@H](C)[C@]2(C)CCC(C)=CCC[C@@]2(C)O[C@@H]2[C@H]3O)cc1. The van der Waals surface area contributed by atoms with E-state index in [4.69, 9.17) is 14.2 Å². The molecule has 0 unspecified atom stereocenters. The molecular weight excluding hydrogens is 400 g/mol. The summed E-state index contributed by atoms with van der Waals surface area (Å²) in [4.78, 5) is 0. The van der Waals surface area contributed by atoms with Crippen LogP contribution in [0.4, 0.5) is 0 Å². The molecule has 4 heteroatoms. The Hall–Kier alpha value is -1.62. The Bertz CT molecular complexity index is 870. The fourth-order valence-electron chi connectivity index (χ4n) is 5.68. The first-order valence-electron chi connectivity index (χ1n) is 12.2. The average Bonchev–Trinajstić information content (AvgIpc) is 3.46. The van der Waals surface area contributed by atoms with Gasteiger partial charge in [-0.15, -0.1) is 0 Å². The number of ether oxygens (including phenoxy) is 3. The maximum atomic E-state index is 11.4. The van der Waals surface area contributed by atoms with E-state index in [1.54, 1.807) is 7.11 Å².